The van der Waals surface area contributed by atoms with Crippen molar-refractivity contribution >= 4 is 0 Å². The van der Waals surface area contributed by atoms with E-state index in [1.54, 1.807) is 28.4 Å². The summed E-state index contributed by atoms with van der Waals surface area (Å²) in [6.45, 7) is 3.75. The van der Waals surface area contributed by atoms with Crippen LogP contribution in [-0.4, -0.2) is 59.5 Å². The highest BCUT2D eigenvalue weighted by molar-refractivity contribution is 5.59. The molecule has 0 amide bonds. The number of methoxy groups -OCH3 is 4. The highest BCUT2D eigenvalue weighted by atomic mass is 16.5. The molecule has 1 aliphatic heterocycles. The molecule has 1 unspecified atom stereocenters. The molecule has 1 saturated heterocycles. The average Bonchev–Trinajstić information content (AvgIpc) is 2.74. The van der Waals surface area contributed by atoms with Crippen LogP contribution in [0.3, 0.4) is 0 Å². The van der Waals surface area contributed by atoms with E-state index in [4.69, 9.17) is 18.9 Å². The van der Waals surface area contributed by atoms with Crippen molar-refractivity contribution in [2.45, 2.75) is 6.04 Å². The van der Waals surface area contributed by atoms with E-state index in [0.717, 1.165) is 43.1 Å². The maximum absolute atomic E-state index is 5.79. The van der Waals surface area contributed by atoms with Gasteiger partial charge in [0.1, 0.15) is 5.75 Å². The molecular formula is C21H28N2O4. The third kappa shape index (κ3) is 3.82. The quantitative estimate of drug-likeness (QED) is 0.807. The fraction of sp³-hybridized carbons (Fsp3) is 0.429. The number of piperazine rings is 1. The number of nitrogens with zero attached hydrogens (tertiary/aromatic N) is 1. The number of para-hydroxylation sites is 1. The lowest BCUT2D eigenvalue weighted by Gasteiger charge is -2.37. The van der Waals surface area contributed by atoms with Gasteiger partial charge in [0.15, 0.2) is 11.5 Å². The summed E-state index contributed by atoms with van der Waals surface area (Å²) in [5.41, 5.74) is 2.13. The van der Waals surface area contributed by atoms with Gasteiger partial charge in [0.2, 0.25) is 5.75 Å². The fourth-order valence-electron chi connectivity index (χ4n) is 3.73. The summed E-state index contributed by atoms with van der Waals surface area (Å²) >= 11 is 0. The largest absolute Gasteiger partial charge is 0.496 e. The Morgan fingerprint density at radius 3 is 2.04 bits per heavy atom. The molecule has 6 heteroatoms. The smallest absolute Gasteiger partial charge is 0.203 e. The normalized spacial score (nSPS) is 15.9. The van der Waals surface area contributed by atoms with Gasteiger partial charge in [-0.2, -0.15) is 0 Å². The predicted molar refractivity (Wildman–Crippen MR) is 105 cm³/mol. The summed E-state index contributed by atoms with van der Waals surface area (Å²) in [7, 11) is 6.63. The van der Waals surface area contributed by atoms with Gasteiger partial charge in [-0.05, 0) is 18.2 Å². The highest BCUT2D eigenvalue weighted by Crippen LogP contribution is 2.46. The maximum Gasteiger partial charge on any atom is 0.203 e. The van der Waals surface area contributed by atoms with E-state index in [2.05, 4.69) is 22.3 Å². The van der Waals surface area contributed by atoms with E-state index in [0.29, 0.717) is 17.2 Å². The third-order valence-electron chi connectivity index (χ3n) is 4.98. The van der Waals surface area contributed by atoms with E-state index in [1.165, 1.54) is 0 Å². The van der Waals surface area contributed by atoms with Crippen LogP contribution in [-0.2, 0) is 0 Å². The lowest BCUT2D eigenvalue weighted by molar-refractivity contribution is 0.191. The van der Waals surface area contributed by atoms with Crippen molar-refractivity contribution in [2.75, 3.05) is 54.6 Å². The van der Waals surface area contributed by atoms with Gasteiger partial charge < -0.3 is 24.3 Å². The Hall–Kier alpha value is -2.44. The summed E-state index contributed by atoms with van der Waals surface area (Å²) in [6.07, 6.45) is 0. The minimum Gasteiger partial charge on any atom is -0.496 e. The van der Waals surface area contributed by atoms with E-state index < -0.39 is 0 Å². The average molecular weight is 372 g/mol. The molecular weight excluding hydrogens is 344 g/mol. The fourth-order valence-corrected chi connectivity index (χ4v) is 3.73. The molecule has 0 spiro atoms. The SMILES string of the molecule is COc1ccccc1C(c1ccc(OC)c(OC)c1OC)N1CCNCC1. The standard InChI is InChI=1S/C21H28N2O4/c1-24-17-8-6-5-7-15(17)19(23-13-11-22-12-14-23)16-9-10-18(25-2)21(27-4)20(16)26-3/h5-10,19,22H,11-14H2,1-4H3. The van der Waals surface area contributed by atoms with Crippen LogP contribution in [0.15, 0.2) is 36.4 Å². The molecule has 1 atom stereocenters. The van der Waals surface area contributed by atoms with Crippen molar-refractivity contribution in [3.63, 3.8) is 0 Å². The molecule has 1 heterocycles. The van der Waals surface area contributed by atoms with E-state index in [1.807, 2.05) is 24.3 Å². The van der Waals surface area contributed by atoms with Crippen LogP contribution < -0.4 is 24.3 Å². The first-order valence-corrected chi connectivity index (χ1v) is 9.11. The van der Waals surface area contributed by atoms with Crippen LogP contribution in [0.2, 0.25) is 0 Å². The molecule has 1 N–H and O–H groups in total. The molecule has 1 aliphatic rings. The first-order chi connectivity index (χ1) is 13.2. The van der Waals surface area contributed by atoms with Crippen LogP contribution in [0.5, 0.6) is 23.0 Å². The number of hydrogen-bond acceptors (Lipinski definition) is 6. The topological polar surface area (TPSA) is 52.2 Å². The van der Waals surface area contributed by atoms with Crippen molar-refractivity contribution in [1.82, 2.24) is 10.2 Å². The minimum atomic E-state index is -0.0157. The molecule has 0 aliphatic carbocycles. The monoisotopic (exact) mass is 372 g/mol. The Morgan fingerprint density at radius 2 is 1.41 bits per heavy atom. The zero-order valence-corrected chi connectivity index (χ0v) is 16.5. The van der Waals surface area contributed by atoms with Crippen molar-refractivity contribution in [3.8, 4) is 23.0 Å². The van der Waals surface area contributed by atoms with Gasteiger partial charge in [0.25, 0.3) is 0 Å². The number of nitrogens with one attached hydrogen (secondary N) is 1. The summed E-state index contributed by atoms with van der Waals surface area (Å²) in [5.74, 6) is 2.80. The molecule has 0 aromatic heterocycles. The van der Waals surface area contributed by atoms with Crippen LogP contribution in [0.25, 0.3) is 0 Å². The zero-order valence-electron chi connectivity index (χ0n) is 16.5. The van der Waals surface area contributed by atoms with Crippen molar-refractivity contribution in [1.29, 1.82) is 0 Å². The Balaban J connectivity index is 2.19. The van der Waals surface area contributed by atoms with Gasteiger partial charge in [0.05, 0.1) is 34.5 Å². The molecule has 0 bridgehead atoms. The Morgan fingerprint density at radius 1 is 0.741 bits per heavy atom. The Labute approximate surface area is 161 Å². The first-order valence-electron chi connectivity index (χ1n) is 9.11. The van der Waals surface area contributed by atoms with Gasteiger partial charge in [-0.25, -0.2) is 0 Å². The highest BCUT2D eigenvalue weighted by Gasteiger charge is 2.31. The summed E-state index contributed by atoms with van der Waals surface area (Å²) in [6, 6.07) is 12.1. The molecule has 2 aromatic rings. The maximum atomic E-state index is 5.79. The van der Waals surface area contributed by atoms with Gasteiger partial charge in [-0.3, -0.25) is 4.90 Å². The van der Waals surface area contributed by atoms with E-state index in [9.17, 15) is 0 Å². The van der Waals surface area contributed by atoms with Crippen molar-refractivity contribution in [3.05, 3.63) is 47.5 Å². The van der Waals surface area contributed by atoms with Crippen LogP contribution in [0, 0.1) is 0 Å². The van der Waals surface area contributed by atoms with Gasteiger partial charge in [-0.15, -0.1) is 0 Å². The van der Waals surface area contributed by atoms with Gasteiger partial charge in [-0.1, -0.05) is 18.2 Å². The Bertz CT molecular complexity index is 760. The second kappa shape index (κ2) is 8.97. The molecule has 0 radical (unpaired) electrons. The lowest BCUT2D eigenvalue weighted by atomic mass is 9.94. The second-order valence-corrected chi connectivity index (χ2v) is 6.35. The van der Waals surface area contributed by atoms with Gasteiger partial charge in [0, 0.05) is 37.3 Å². The molecule has 2 aromatic carbocycles. The molecule has 0 saturated carbocycles. The molecule has 1 fully saturated rings. The Kier molecular flexibility index (Phi) is 6.42. The summed E-state index contributed by atoms with van der Waals surface area (Å²) < 4.78 is 22.5. The van der Waals surface area contributed by atoms with Crippen molar-refractivity contribution in [2.24, 2.45) is 0 Å². The number of ether oxygens (including phenoxy) is 4. The summed E-state index contributed by atoms with van der Waals surface area (Å²) in [5, 5.41) is 3.42. The summed E-state index contributed by atoms with van der Waals surface area (Å²) in [4.78, 5) is 2.44. The lowest BCUT2D eigenvalue weighted by Crippen LogP contribution is -2.45. The minimum absolute atomic E-state index is 0.0157. The molecule has 146 valence electrons. The zero-order chi connectivity index (χ0) is 19.2. The molecule has 27 heavy (non-hydrogen) atoms. The molecule has 3 rings (SSSR count). The van der Waals surface area contributed by atoms with Crippen LogP contribution >= 0.6 is 0 Å². The van der Waals surface area contributed by atoms with E-state index >= 15 is 0 Å². The van der Waals surface area contributed by atoms with Crippen molar-refractivity contribution < 1.29 is 18.9 Å². The predicted octanol–water partition coefficient (Wildman–Crippen LogP) is 2.72. The molecule has 6 nitrogen and oxygen atoms in total. The number of rotatable bonds is 7. The third-order valence-corrected chi connectivity index (χ3v) is 4.98. The van der Waals surface area contributed by atoms with Gasteiger partial charge >= 0.3 is 0 Å². The second-order valence-electron chi connectivity index (χ2n) is 6.35. The van der Waals surface area contributed by atoms with E-state index in [-0.39, 0.29) is 6.04 Å². The van der Waals surface area contributed by atoms with Crippen LogP contribution in [0.1, 0.15) is 17.2 Å². The van der Waals surface area contributed by atoms with Crippen LogP contribution in [0.4, 0.5) is 0 Å². The first kappa shape index (κ1) is 19.3. The number of hydrogen-bond donors (Lipinski definition) is 1. The number of benzene rings is 2.